The van der Waals surface area contributed by atoms with Crippen LogP contribution in [-0.4, -0.2) is 50.8 Å². The van der Waals surface area contributed by atoms with Gasteiger partial charge < -0.3 is 20.7 Å². The van der Waals surface area contributed by atoms with Crippen LogP contribution in [0.3, 0.4) is 0 Å². The van der Waals surface area contributed by atoms with Gasteiger partial charge in [0.05, 0.1) is 12.6 Å². The minimum absolute atomic E-state index is 0.0553. The highest BCUT2D eigenvalue weighted by Crippen LogP contribution is 2.12. The molecule has 1 fully saturated rings. The molecule has 1 aliphatic rings. The first-order chi connectivity index (χ1) is 12.2. The van der Waals surface area contributed by atoms with E-state index in [1.807, 2.05) is 25.1 Å². The minimum atomic E-state index is -0.0553. The van der Waals surface area contributed by atoms with Crippen LogP contribution in [-0.2, 0) is 4.74 Å². The molecule has 3 N–H and O–H groups in total. The van der Waals surface area contributed by atoms with Gasteiger partial charge in [0.2, 0.25) is 0 Å². The lowest BCUT2D eigenvalue weighted by molar-refractivity contribution is 0.0953. The summed E-state index contributed by atoms with van der Waals surface area (Å²) >= 11 is 3.37. The average molecular weight is 411 g/mol. The molecule has 1 unspecified atom stereocenters. The summed E-state index contributed by atoms with van der Waals surface area (Å²) in [6.45, 7) is 5.76. The van der Waals surface area contributed by atoms with Gasteiger partial charge in [-0.3, -0.25) is 9.79 Å². The van der Waals surface area contributed by atoms with E-state index < -0.39 is 0 Å². The number of aliphatic imine (C=N–C) groups is 1. The van der Waals surface area contributed by atoms with Crippen LogP contribution in [0, 0.1) is 0 Å². The lowest BCUT2D eigenvalue weighted by atomic mass is 10.2. The Morgan fingerprint density at radius 2 is 2.16 bits per heavy atom. The molecule has 0 radical (unpaired) electrons. The number of nitrogens with one attached hydrogen (secondary N) is 3. The second-order valence-corrected chi connectivity index (χ2v) is 6.82. The molecule has 1 heterocycles. The van der Waals surface area contributed by atoms with Crippen LogP contribution in [0.2, 0.25) is 0 Å². The first-order valence-corrected chi connectivity index (χ1v) is 9.66. The quantitative estimate of drug-likeness (QED) is 0.349. The van der Waals surface area contributed by atoms with Crippen LogP contribution in [0.25, 0.3) is 0 Å². The lowest BCUT2D eigenvalue weighted by Gasteiger charge is -2.13. The summed E-state index contributed by atoms with van der Waals surface area (Å²) in [5, 5.41) is 9.45. The zero-order chi connectivity index (χ0) is 17.9. The Labute approximate surface area is 157 Å². The van der Waals surface area contributed by atoms with Gasteiger partial charge in [-0.2, -0.15) is 0 Å². The molecule has 2 rings (SSSR count). The van der Waals surface area contributed by atoms with E-state index in [0.717, 1.165) is 49.4 Å². The van der Waals surface area contributed by atoms with Gasteiger partial charge in [0.1, 0.15) is 0 Å². The zero-order valence-electron chi connectivity index (χ0n) is 14.7. The molecule has 1 aromatic rings. The Morgan fingerprint density at radius 1 is 1.32 bits per heavy atom. The molecule has 25 heavy (non-hydrogen) atoms. The Bertz CT molecular complexity index is 574. The van der Waals surface area contributed by atoms with Crippen LogP contribution in [0.15, 0.2) is 33.7 Å². The van der Waals surface area contributed by atoms with Crippen molar-refractivity contribution in [1.82, 2.24) is 16.0 Å². The topological polar surface area (TPSA) is 74.8 Å². The number of hydrogen-bond acceptors (Lipinski definition) is 3. The van der Waals surface area contributed by atoms with Crippen LogP contribution in [0.5, 0.6) is 0 Å². The summed E-state index contributed by atoms with van der Waals surface area (Å²) in [4.78, 5) is 16.6. The third kappa shape index (κ3) is 7.44. The first-order valence-electron chi connectivity index (χ1n) is 8.86. The standard InChI is InChI=1S/C18H27BrN4O2/c1-2-20-18(23-13-16-8-4-11-25-16)22-10-5-9-21-17(24)14-6-3-7-15(19)12-14/h3,6-7,12,16H,2,4-5,8-11,13H2,1H3,(H,21,24)(H2,20,22,23). The summed E-state index contributed by atoms with van der Waals surface area (Å²) in [7, 11) is 0. The fourth-order valence-electron chi connectivity index (χ4n) is 2.55. The zero-order valence-corrected chi connectivity index (χ0v) is 16.3. The number of benzene rings is 1. The Balaban J connectivity index is 1.65. The lowest BCUT2D eigenvalue weighted by Crippen LogP contribution is -2.39. The third-order valence-electron chi connectivity index (χ3n) is 3.84. The van der Waals surface area contributed by atoms with E-state index >= 15 is 0 Å². The number of guanidine groups is 1. The normalized spacial score (nSPS) is 17.4. The van der Waals surface area contributed by atoms with Crippen molar-refractivity contribution >= 4 is 27.8 Å². The summed E-state index contributed by atoms with van der Waals surface area (Å²) in [6.07, 6.45) is 3.29. The molecular formula is C18H27BrN4O2. The molecule has 138 valence electrons. The van der Waals surface area contributed by atoms with Crippen molar-refractivity contribution in [2.24, 2.45) is 4.99 Å². The SMILES string of the molecule is CCNC(=NCC1CCCO1)NCCCNC(=O)c1cccc(Br)c1. The number of nitrogens with zero attached hydrogens (tertiary/aromatic N) is 1. The van der Waals surface area contributed by atoms with Crippen molar-refractivity contribution in [2.45, 2.75) is 32.3 Å². The van der Waals surface area contributed by atoms with Crippen molar-refractivity contribution in [1.29, 1.82) is 0 Å². The molecule has 1 saturated heterocycles. The number of amides is 1. The predicted molar refractivity (Wildman–Crippen MR) is 104 cm³/mol. The number of halogens is 1. The Morgan fingerprint density at radius 3 is 2.88 bits per heavy atom. The number of hydrogen-bond donors (Lipinski definition) is 3. The fraction of sp³-hybridized carbons (Fsp3) is 0.556. The molecule has 1 atom stereocenters. The van der Waals surface area contributed by atoms with Crippen LogP contribution in [0.1, 0.15) is 36.5 Å². The first kappa shape index (κ1) is 19.7. The molecule has 7 heteroatoms. The number of ether oxygens (including phenoxy) is 1. The van der Waals surface area contributed by atoms with E-state index in [-0.39, 0.29) is 12.0 Å². The van der Waals surface area contributed by atoms with Gasteiger partial charge >= 0.3 is 0 Å². The Kier molecular flexibility index (Phi) is 8.76. The van der Waals surface area contributed by atoms with Gasteiger partial charge in [-0.25, -0.2) is 0 Å². The van der Waals surface area contributed by atoms with Gasteiger partial charge in [-0.05, 0) is 44.4 Å². The molecule has 0 spiro atoms. The molecule has 0 bridgehead atoms. The van der Waals surface area contributed by atoms with Gasteiger partial charge in [-0.15, -0.1) is 0 Å². The number of carbonyl (C=O) groups excluding carboxylic acids is 1. The van der Waals surface area contributed by atoms with Gasteiger partial charge in [0.15, 0.2) is 5.96 Å². The molecule has 1 amide bonds. The molecular weight excluding hydrogens is 384 g/mol. The summed E-state index contributed by atoms with van der Waals surface area (Å²) in [5.74, 6) is 0.747. The maximum absolute atomic E-state index is 12.0. The van der Waals surface area contributed by atoms with Crippen molar-refractivity contribution in [3.05, 3.63) is 34.3 Å². The van der Waals surface area contributed by atoms with Crippen molar-refractivity contribution < 1.29 is 9.53 Å². The Hall–Kier alpha value is -1.60. The van der Waals surface area contributed by atoms with E-state index in [0.29, 0.717) is 18.7 Å². The van der Waals surface area contributed by atoms with E-state index in [9.17, 15) is 4.79 Å². The van der Waals surface area contributed by atoms with Gasteiger partial charge in [0.25, 0.3) is 5.91 Å². The fourth-order valence-corrected chi connectivity index (χ4v) is 2.95. The minimum Gasteiger partial charge on any atom is -0.376 e. The molecule has 6 nitrogen and oxygen atoms in total. The van der Waals surface area contributed by atoms with Gasteiger partial charge in [-0.1, -0.05) is 22.0 Å². The highest BCUT2D eigenvalue weighted by Gasteiger charge is 2.14. The van der Waals surface area contributed by atoms with E-state index in [1.165, 1.54) is 0 Å². The maximum atomic E-state index is 12.0. The van der Waals surface area contributed by atoms with Crippen molar-refractivity contribution in [3.8, 4) is 0 Å². The number of rotatable bonds is 8. The molecule has 0 aromatic heterocycles. The molecule has 1 aromatic carbocycles. The molecule has 1 aliphatic heterocycles. The predicted octanol–water partition coefficient (Wildman–Crippen LogP) is 2.30. The second-order valence-electron chi connectivity index (χ2n) is 5.90. The van der Waals surface area contributed by atoms with E-state index in [4.69, 9.17) is 4.74 Å². The van der Waals surface area contributed by atoms with Crippen LogP contribution >= 0.6 is 15.9 Å². The van der Waals surface area contributed by atoms with Crippen molar-refractivity contribution in [3.63, 3.8) is 0 Å². The van der Waals surface area contributed by atoms with Crippen LogP contribution in [0.4, 0.5) is 0 Å². The number of carbonyl (C=O) groups is 1. The molecule has 0 aliphatic carbocycles. The largest absolute Gasteiger partial charge is 0.376 e. The van der Waals surface area contributed by atoms with Gasteiger partial charge in [0, 0.05) is 36.3 Å². The second kappa shape index (κ2) is 11.1. The smallest absolute Gasteiger partial charge is 0.251 e. The highest BCUT2D eigenvalue weighted by molar-refractivity contribution is 9.10. The summed E-state index contributed by atoms with van der Waals surface area (Å²) < 4.78 is 6.49. The summed E-state index contributed by atoms with van der Waals surface area (Å²) in [6, 6.07) is 7.38. The average Bonchev–Trinajstić information content (AvgIpc) is 3.12. The maximum Gasteiger partial charge on any atom is 0.251 e. The van der Waals surface area contributed by atoms with E-state index in [2.05, 4.69) is 36.9 Å². The van der Waals surface area contributed by atoms with Crippen LogP contribution < -0.4 is 16.0 Å². The molecule has 0 saturated carbocycles. The highest BCUT2D eigenvalue weighted by atomic mass is 79.9. The summed E-state index contributed by atoms with van der Waals surface area (Å²) in [5.41, 5.74) is 0.661. The van der Waals surface area contributed by atoms with Crippen molar-refractivity contribution in [2.75, 3.05) is 32.8 Å². The monoisotopic (exact) mass is 410 g/mol. The third-order valence-corrected chi connectivity index (χ3v) is 4.33. The van der Waals surface area contributed by atoms with E-state index in [1.54, 1.807) is 6.07 Å².